The number of benzene rings is 2. The number of esters is 1. The van der Waals surface area contributed by atoms with E-state index < -0.39 is 5.97 Å². The number of thioether (sulfide) groups is 1. The Kier molecular flexibility index (Phi) is 6.70. The first-order valence-corrected chi connectivity index (χ1v) is 9.03. The summed E-state index contributed by atoms with van der Waals surface area (Å²) in [6, 6.07) is 12.6. The summed E-state index contributed by atoms with van der Waals surface area (Å²) < 4.78 is 5.07. The minimum Gasteiger partial charge on any atom is -0.452 e. The topological polar surface area (TPSA) is 55.4 Å². The van der Waals surface area contributed by atoms with Crippen LogP contribution in [0, 0.1) is 0 Å². The average Bonchev–Trinajstić information content (AvgIpc) is 2.60. The second kappa shape index (κ2) is 8.76. The van der Waals surface area contributed by atoms with E-state index in [1.54, 1.807) is 12.1 Å². The van der Waals surface area contributed by atoms with E-state index in [0.29, 0.717) is 5.02 Å². The summed E-state index contributed by atoms with van der Waals surface area (Å²) in [5, 5.41) is 3.05. The minimum atomic E-state index is -0.616. The fourth-order valence-corrected chi connectivity index (χ4v) is 2.77. The van der Waals surface area contributed by atoms with Crippen molar-refractivity contribution in [3.8, 4) is 0 Å². The van der Waals surface area contributed by atoms with E-state index in [2.05, 4.69) is 5.32 Å². The van der Waals surface area contributed by atoms with Crippen molar-refractivity contribution in [1.82, 2.24) is 0 Å². The highest BCUT2D eigenvalue weighted by Gasteiger charge is 2.15. The number of anilines is 1. The third-order valence-electron chi connectivity index (χ3n) is 3.40. The van der Waals surface area contributed by atoms with Crippen molar-refractivity contribution in [1.29, 1.82) is 0 Å². The molecule has 0 aliphatic rings. The number of nitrogens with one attached hydrogen (secondary N) is 1. The quantitative estimate of drug-likeness (QED) is 0.609. The lowest BCUT2D eigenvalue weighted by Crippen LogP contribution is -2.21. The molecule has 0 saturated heterocycles. The Hall–Kier alpha value is -1.98. The lowest BCUT2D eigenvalue weighted by molar-refractivity contribution is -0.119. The molecule has 1 amide bonds. The van der Waals surface area contributed by atoms with Gasteiger partial charge >= 0.3 is 5.97 Å². The fourth-order valence-electron chi connectivity index (χ4n) is 2.13. The van der Waals surface area contributed by atoms with Crippen LogP contribution in [0.25, 0.3) is 0 Å². The molecule has 0 aliphatic carbocycles. The average molecular weight is 364 g/mol. The summed E-state index contributed by atoms with van der Waals surface area (Å²) in [6.45, 7) is 1.64. The second-order valence-electron chi connectivity index (χ2n) is 4.98. The van der Waals surface area contributed by atoms with Crippen molar-refractivity contribution in [3.63, 3.8) is 0 Å². The van der Waals surface area contributed by atoms with E-state index in [4.69, 9.17) is 16.3 Å². The molecule has 0 bridgehead atoms. The van der Waals surface area contributed by atoms with Gasteiger partial charge in [0.1, 0.15) is 0 Å². The summed E-state index contributed by atoms with van der Waals surface area (Å²) in [6.07, 6.45) is 2.70. The smallest absolute Gasteiger partial charge is 0.340 e. The van der Waals surface area contributed by atoms with Crippen LogP contribution in [0.15, 0.2) is 47.4 Å². The van der Waals surface area contributed by atoms with E-state index in [-0.39, 0.29) is 18.1 Å². The van der Waals surface area contributed by atoms with Crippen LogP contribution in [0.2, 0.25) is 5.02 Å². The summed E-state index contributed by atoms with van der Waals surface area (Å²) in [4.78, 5) is 25.0. The summed E-state index contributed by atoms with van der Waals surface area (Å²) in [5.41, 5.74) is 2.00. The maximum Gasteiger partial charge on any atom is 0.340 e. The molecule has 0 unspecified atom stereocenters. The molecule has 0 aromatic heterocycles. The van der Waals surface area contributed by atoms with Crippen LogP contribution in [0.5, 0.6) is 0 Å². The van der Waals surface area contributed by atoms with Gasteiger partial charge in [-0.3, -0.25) is 4.79 Å². The zero-order chi connectivity index (χ0) is 17.5. The Morgan fingerprint density at radius 3 is 2.67 bits per heavy atom. The zero-order valence-electron chi connectivity index (χ0n) is 13.5. The van der Waals surface area contributed by atoms with Crippen LogP contribution in [0.1, 0.15) is 22.8 Å². The Bertz CT molecular complexity index is 749. The van der Waals surface area contributed by atoms with Crippen LogP contribution in [0.3, 0.4) is 0 Å². The maximum atomic E-state index is 12.1. The van der Waals surface area contributed by atoms with Gasteiger partial charge < -0.3 is 10.1 Å². The highest BCUT2D eigenvalue weighted by Crippen LogP contribution is 2.23. The van der Waals surface area contributed by atoms with Crippen molar-refractivity contribution >= 4 is 40.9 Å². The number of hydrogen-bond acceptors (Lipinski definition) is 4. The zero-order valence-corrected chi connectivity index (χ0v) is 15.0. The molecule has 6 heteroatoms. The van der Waals surface area contributed by atoms with Crippen molar-refractivity contribution < 1.29 is 14.3 Å². The van der Waals surface area contributed by atoms with Crippen LogP contribution < -0.4 is 5.32 Å². The Balaban J connectivity index is 1.97. The highest BCUT2D eigenvalue weighted by molar-refractivity contribution is 7.98. The second-order valence-corrected chi connectivity index (χ2v) is 6.27. The number of aryl methyl sites for hydroxylation is 1. The first kappa shape index (κ1) is 18.4. The molecule has 0 fully saturated rings. The highest BCUT2D eigenvalue weighted by atomic mass is 35.5. The van der Waals surface area contributed by atoms with Crippen molar-refractivity contribution in [2.45, 2.75) is 18.2 Å². The molecule has 0 atom stereocenters. The van der Waals surface area contributed by atoms with E-state index >= 15 is 0 Å². The van der Waals surface area contributed by atoms with Crippen molar-refractivity contribution in [2.75, 3.05) is 18.2 Å². The van der Waals surface area contributed by atoms with E-state index in [0.717, 1.165) is 22.6 Å². The summed E-state index contributed by atoms with van der Waals surface area (Å²) in [7, 11) is 0. The molecule has 4 nitrogen and oxygen atoms in total. The molecule has 2 aromatic carbocycles. The van der Waals surface area contributed by atoms with Crippen molar-refractivity contribution in [3.05, 3.63) is 58.6 Å². The first-order valence-electron chi connectivity index (χ1n) is 7.43. The molecule has 1 N–H and O–H groups in total. The van der Waals surface area contributed by atoms with Crippen LogP contribution in [-0.2, 0) is 16.0 Å². The lowest BCUT2D eigenvalue weighted by Gasteiger charge is -2.10. The largest absolute Gasteiger partial charge is 0.452 e. The van der Waals surface area contributed by atoms with Gasteiger partial charge in [0.05, 0.1) is 10.6 Å². The summed E-state index contributed by atoms with van der Waals surface area (Å²) >= 11 is 7.52. The lowest BCUT2D eigenvalue weighted by atomic mass is 10.1. The van der Waals surface area contributed by atoms with Gasteiger partial charge in [0.25, 0.3) is 5.91 Å². The Labute approximate surface area is 150 Å². The number of rotatable bonds is 6. The molecule has 0 saturated carbocycles. The molecule has 2 aromatic rings. The molecule has 0 radical (unpaired) electrons. The SMILES string of the molecule is CCc1ccccc1NC(=O)COC(=O)c1cc(SC)ccc1Cl. The number of para-hydroxylation sites is 1. The predicted octanol–water partition coefficient (Wildman–Crippen LogP) is 4.42. The number of hydrogen-bond donors (Lipinski definition) is 1. The van der Waals surface area contributed by atoms with Gasteiger partial charge in [0.15, 0.2) is 6.61 Å². The number of halogens is 1. The molecule has 0 spiro atoms. The first-order chi connectivity index (χ1) is 11.5. The molecule has 2 rings (SSSR count). The van der Waals surface area contributed by atoms with E-state index in [9.17, 15) is 9.59 Å². The minimum absolute atomic E-state index is 0.255. The molecular weight excluding hydrogens is 346 g/mol. The fraction of sp³-hybridized carbons (Fsp3) is 0.222. The monoisotopic (exact) mass is 363 g/mol. The van der Waals surface area contributed by atoms with Gasteiger partial charge in [-0.1, -0.05) is 36.7 Å². The van der Waals surface area contributed by atoms with Crippen LogP contribution in [0.4, 0.5) is 5.69 Å². The third kappa shape index (κ3) is 4.76. The maximum absolute atomic E-state index is 12.1. The van der Waals surface area contributed by atoms with Crippen LogP contribution >= 0.6 is 23.4 Å². The Morgan fingerprint density at radius 2 is 1.96 bits per heavy atom. The molecule has 24 heavy (non-hydrogen) atoms. The summed E-state index contributed by atoms with van der Waals surface area (Å²) in [5.74, 6) is -1.00. The molecule has 0 aliphatic heterocycles. The van der Waals surface area contributed by atoms with E-state index in [1.807, 2.05) is 43.5 Å². The van der Waals surface area contributed by atoms with Gasteiger partial charge in [-0.25, -0.2) is 4.79 Å². The van der Waals surface area contributed by atoms with Gasteiger partial charge in [-0.2, -0.15) is 0 Å². The van der Waals surface area contributed by atoms with E-state index in [1.165, 1.54) is 11.8 Å². The van der Waals surface area contributed by atoms with Gasteiger partial charge in [0, 0.05) is 10.6 Å². The number of ether oxygens (including phenoxy) is 1. The Morgan fingerprint density at radius 1 is 1.21 bits per heavy atom. The normalized spacial score (nSPS) is 10.3. The number of carbonyl (C=O) groups is 2. The van der Waals surface area contributed by atoms with Gasteiger partial charge in [-0.15, -0.1) is 11.8 Å². The van der Waals surface area contributed by atoms with Gasteiger partial charge in [-0.05, 0) is 42.5 Å². The van der Waals surface area contributed by atoms with Crippen molar-refractivity contribution in [2.24, 2.45) is 0 Å². The molecular formula is C18H18ClNO3S. The number of amides is 1. The third-order valence-corrected chi connectivity index (χ3v) is 4.46. The standard InChI is InChI=1S/C18H18ClNO3S/c1-3-12-6-4-5-7-16(12)20-17(21)11-23-18(22)14-10-13(24-2)8-9-15(14)19/h4-10H,3,11H2,1-2H3,(H,20,21). The predicted molar refractivity (Wildman–Crippen MR) is 98.0 cm³/mol. The van der Waals surface area contributed by atoms with Crippen LogP contribution in [-0.4, -0.2) is 24.7 Å². The van der Waals surface area contributed by atoms with Gasteiger partial charge in [0.2, 0.25) is 0 Å². The molecule has 0 heterocycles. The number of carbonyl (C=O) groups excluding carboxylic acids is 2. The molecule has 126 valence electrons.